The molecule has 1 aromatic heterocycles. The van der Waals surface area contributed by atoms with Gasteiger partial charge in [-0.05, 0) is 25.7 Å². The van der Waals surface area contributed by atoms with Crippen LogP contribution in [0, 0.1) is 12.8 Å². The Kier molecular flexibility index (Phi) is 4.89. The van der Waals surface area contributed by atoms with Crippen LogP contribution >= 0.6 is 27.3 Å². The summed E-state index contributed by atoms with van der Waals surface area (Å²) >= 11 is 4.73. The number of alkyl halides is 1. The molecule has 1 aromatic rings. The number of rotatable bonds is 5. The fourth-order valence-electron chi connectivity index (χ4n) is 1.35. The summed E-state index contributed by atoms with van der Waals surface area (Å²) in [5.74, 6) is 0.681. The van der Waals surface area contributed by atoms with Crippen molar-refractivity contribution in [2.24, 2.45) is 5.92 Å². The summed E-state index contributed by atoms with van der Waals surface area (Å²) in [7, 11) is 0. The van der Waals surface area contributed by atoms with E-state index in [1.807, 2.05) is 16.9 Å². The first-order chi connectivity index (χ1) is 6.65. The lowest BCUT2D eigenvalue weighted by atomic mass is 10.1. The van der Waals surface area contributed by atoms with Gasteiger partial charge in [-0.2, -0.15) is 0 Å². The molecule has 0 aromatic carbocycles. The summed E-state index contributed by atoms with van der Waals surface area (Å²) in [5, 5.41) is 2.98. The molecule has 0 aliphatic carbocycles. The minimum Gasteiger partial charge on any atom is -0.303 e. The van der Waals surface area contributed by atoms with Gasteiger partial charge in [0, 0.05) is 22.9 Å². The monoisotopic (exact) mass is 277 g/mol. The summed E-state index contributed by atoms with van der Waals surface area (Å²) in [6, 6.07) is 0. The third-order valence-corrected chi connectivity index (χ3v) is 3.76. The molecule has 0 saturated heterocycles. The van der Waals surface area contributed by atoms with Crippen molar-refractivity contribution in [3.63, 3.8) is 0 Å². The van der Waals surface area contributed by atoms with Crippen molar-refractivity contribution >= 4 is 27.3 Å². The molecule has 1 heterocycles. The highest BCUT2D eigenvalue weighted by molar-refractivity contribution is 9.09. The van der Waals surface area contributed by atoms with Gasteiger partial charge < -0.3 is 4.57 Å². The molecule has 0 aliphatic heterocycles. The Bertz CT molecular complexity index is 331. The minimum atomic E-state index is 0.175. The van der Waals surface area contributed by atoms with Gasteiger partial charge in [0.1, 0.15) is 0 Å². The number of nitrogens with zero attached hydrogens (tertiary/aromatic N) is 1. The Labute approximate surface area is 97.1 Å². The molecular weight excluding hydrogens is 262 g/mol. The van der Waals surface area contributed by atoms with Crippen molar-refractivity contribution in [3.8, 4) is 0 Å². The molecule has 1 rings (SSSR count). The van der Waals surface area contributed by atoms with Gasteiger partial charge in [-0.15, -0.1) is 0 Å². The first-order valence-corrected chi connectivity index (χ1v) is 6.86. The highest BCUT2D eigenvalue weighted by Gasteiger charge is 2.05. The van der Waals surface area contributed by atoms with E-state index in [0.29, 0.717) is 5.92 Å². The third-order valence-electron chi connectivity index (χ3n) is 2.42. The van der Waals surface area contributed by atoms with Gasteiger partial charge in [0.05, 0.1) is 0 Å². The van der Waals surface area contributed by atoms with Crippen LogP contribution in [0.5, 0.6) is 0 Å². The molecule has 0 N–H and O–H groups in total. The van der Waals surface area contributed by atoms with Crippen molar-refractivity contribution in [2.45, 2.75) is 33.2 Å². The van der Waals surface area contributed by atoms with E-state index >= 15 is 0 Å². The van der Waals surface area contributed by atoms with Gasteiger partial charge in [0.15, 0.2) is 0 Å². The quantitative estimate of drug-likeness (QED) is 0.759. The SMILES string of the molecule is Cc1csc(=O)n1CCC(C)CCBr. The molecule has 1 atom stereocenters. The van der Waals surface area contributed by atoms with E-state index in [1.165, 1.54) is 17.8 Å². The summed E-state index contributed by atoms with van der Waals surface area (Å²) in [6.45, 7) is 5.09. The molecule has 1 unspecified atom stereocenters. The van der Waals surface area contributed by atoms with Crippen molar-refractivity contribution in [2.75, 3.05) is 5.33 Å². The van der Waals surface area contributed by atoms with E-state index in [1.54, 1.807) is 0 Å². The maximum Gasteiger partial charge on any atom is 0.307 e. The molecule has 0 amide bonds. The van der Waals surface area contributed by atoms with E-state index < -0.39 is 0 Å². The molecule has 0 radical (unpaired) electrons. The van der Waals surface area contributed by atoms with E-state index in [4.69, 9.17) is 0 Å². The molecule has 4 heteroatoms. The molecular formula is C10H16BrNOS. The van der Waals surface area contributed by atoms with Crippen LogP contribution in [-0.4, -0.2) is 9.90 Å². The van der Waals surface area contributed by atoms with E-state index in [2.05, 4.69) is 22.9 Å². The van der Waals surface area contributed by atoms with Gasteiger partial charge in [-0.25, -0.2) is 0 Å². The molecule has 80 valence electrons. The third kappa shape index (κ3) is 3.24. The van der Waals surface area contributed by atoms with Gasteiger partial charge in [0.2, 0.25) is 0 Å². The molecule has 0 fully saturated rings. The van der Waals surface area contributed by atoms with Gasteiger partial charge >= 0.3 is 4.87 Å². The smallest absolute Gasteiger partial charge is 0.303 e. The molecule has 2 nitrogen and oxygen atoms in total. The average molecular weight is 278 g/mol. The Morgan fingerprint density at radius 2 is 2.29 bits per heavy atom. The predicted molar refractivity (Wildman–Crippen MR) is 65.5 cm³/mol. The van der Waals surface area contributed by atoms with Crippen molar-refractivity contribution < 1.29 is 0 Å². The largest absolute Gasteiger partial charge is 0.307 e. The minimum absolute atomic E-state index is 0.175. The second-order valence-electron chi connectivity index (χ2n) is 3.67. The Morgan fingerprint density at radius 1 is 1.57 bits per heavy atom. The topological polar surface area (TPSA) is 22.0 Å². The average Bonchev–Trinajstić information content (AvgIpc) is 2.44. The normalized spacial score (nSPS) is 13.1. The van der Waals surface area contributed by atoms with Gasteiger partial charge in [-0.3, -0.25) is 4.79 Å². The lowest BCUT2D eigenvalue weighted by molar-refractivity contribution is 0.466. The Morgan fingerprint density at radius 3 is 2.79 bits per heavy atom. The molecule has 14 heavy (non-hydrogen) atoms. The predicted octanol–water partition coefficient (Wildman–Crippen LogP) is 3.03. The van der Waals surface area contributed by atoms with Crippen LogP contribution in [0.15, 0.2) is 10.2 Å². The molecule has 0 spiro atoms. The number of halogens is 1. The zero-order valence-corrected chi connectivity index (χ0v) is 11.0. The van der Waals surface area contributed by atoms with Crippen LogP contribution in [0.3, 0.4) is 0 Å². The fourth-order valence-corrected chi connectivity index (χ4v) is 2.90. The lowest BCUT2D eigenvalue weighted by Crippen LogP contribution is -2.16. The summed E-state index contributed by atoms with van der Waals surface area (Å²) in [6.07, 6.45) is 2.26. The van der Waals surface area contributed by atoms with Crippen molar-refractivity contribution in [1.82, 2.24) is 4.57 Å². The zero-order valence-electron chi connectivity index (χ0n) is 8.62. The number of thiazole rings is 1. The second kappa shape index (κ2) is 5.71. The summed E-state index contributed by atoms with van der Waals surface area (Å²) in [4.78, 5) is 11.6. The Balaban J connectivity index is 2.49. The van der Waals surface area contributed by atoms with Crippen LogP contribution in [0.1, 0.15) is 25.5 Å². The Hall–Kier alpha value is -0.0900. The number of aromatic nitrogens is 1. The van der Waals surface area contributed by atoms with Crippen LogP contribution in [0.4, 0.5) is 0 Å². The first kappa shape index (κ1) is 12.0. The number of aryl methyl sites for hydroxylation is 1. The standard InChI is InChI=1S/C10H16BrNOS/c1-8(3-5-11)4-6-12-9(2)7-14-10(12)13/h7-8H,3-6H2,1-2H3. The van der Waals surface area contributed by atoms with Gasteiger partial charge in [0.25, 0.3) is 0 Å². The maximum atomic E-state index is 11.4. The van der Waals surface area contributed by atoms with Crippen LogP contribution in [0.25, 0.3) is 0 Å². The van der Waals surface area contributed by atoms with E-state index in [-0.39, 0.29) is 4.87 Å². The lowest BCUT2D eigenvalue weighted by Gasteiger charge is -2.10. The highest BCUT2D eigenvalue weighted by atomic mass is 79.9. The summed E-state index contributed by atoms with van der Waals surface area (Å²) in [5.41, 5.74) is 1.09. The molecule has 0 saturated carbocycles. The second-order valence-corrected chi connectivity index (χ2v) is 5.28. The number of hydrogen-bond donors (Lipinski definition) is 0. The summed E-state index contributed by atoms with van der Waals surface area (Å²) < 4.78 is 1.87. The first-order valence-electron chi connectivity index (χ1n) is 4.86. The van der Waals surface area contributed by atoms with Crippen molar-refractivity contribution in [3.05, 3.63) is 20.7 Å². The number of hydrogen-bond acceptors (Lipinski definition) is 2. The van der Waals surface area contributed by atoms with Crippen LogP contribution < -0.4 is 4.87 Å². The fraction of sp³-hybridized carbons (Fsp3) is 0.700. The van der Waals surface area contributed by atoms with Crippen LogP contribution in [-0.2, 0) is 6.54 Å². The molecule has 0 bridgehead atoms. The van der Waals surface area contributed by atoms with E-state index in [0.717, 1.165) is 24.0 Å². The molecule has 0 aliphatic rings. The van der Waals surface area contributed by atoms with E-state index in [9.17, 15) is 4.79 Å². The van der Waals surface area contributed by atoms with Crippen LogP contribution in [0.2, 0.25) is 0 Å². The highest BCUT2D eigenvalue weighted by Crippen LogP contribution is 2.11. The van der Waals surface area contributed by atoms with Gasteiger partial charge in [-0.1, -0.05) is 34.2 Å². The zero-order chi connectivity index (χ0) is 10.6. The maximum absolute atomic E-state index is 11.4. The van der Waals surface area contributed by atoms with Crippen molar-refractivity contribution in [1.29, 1.82) is 0 Å².